The van der Waals surface area contributed by atoms with Gasteiger partial charge in [-0.25, -0.2) is 14.6 Å². The van der Waals surface area contributed by atoms with Gasteiger partial charge in [-0.15, -0.1) is 0 Å². The highest BCUT2D eigenvalue weighted by Crippen LogP contribution is 2.24. The predicted molar refractivity (Wildman–Crippen MR) is 68.1 cm³/mol. The molecule has 18 heavy (non-hydrogen) atoms. The summed E-state index contributed by atoms with van der Waals surface area (Å²) < 4.78 is 4.69. The first kappa shape index (κ1) is 14.4. The number of aromatic carboxylic acids is 1. The first-order valence-electron chi connectivity index (χ1n) is 5.42. The molecule has 1 aromatic rings. The molecule has 0 radical (unpaired) electrons. The third kappa shape index (κ3) is 3.19. The number of esters is 1. The van der Waals surface area contributed by atoms with Gasteiger partial charge in [0.1, 0.15) is 10.9 Å². The van der Waals surface area contributed by atoms with Crippen LogP contribution in [0.2, 0.25) is 0 Å². The number of rotatable bonds is 5. The van der Waals surface area contributed by atoms with E-state index in [0.29, 0.717) is 10.8 Å². The molecule has 2 N–H and O–H groups in total. The van der Waals surface area contributed by atoms with E-state index in [9.17, 15) is 9.59 Å². The molecule has 0 aliphatic heterocycles. The Morgan fingerprint density at radius 2 is 2.06 bits per heavy atom. The van der Waals surface area contributed by atoms with Crippen LogP contribution in [0.25, 0.3) is 0 Å². The molecule has 1 atom stereocenters. The van der Waals surface area contributed by atoms with Gasteiger partial charge in [0.25, 0.3) is 0 Å². The number of carboxylic acids is 1. The molecule has 0 amide bonds. The Labute approximate surface area is 109 Å². The Balaban J connectivity index is 2.91. The van der Waals surface area contributed by atoms with Gasteiger partial charge in [-0.2, -0.15) is 0 Å². The number of thiazole rings is 1. The number of nitrogens with zero attached hydrogens (tertiary/aromatic N) is 1. The summed E-state index contributed by atoms with van der Waals surface area (Å²) in [4.78, 5) is 26.7. The highest BCUT2D eigenvalue weighted by atomic mass is 32.1. The second-order valence-electron chi connectivity index (χ2n) is 4.13. The zero-order valence-corrected chi connectivity index (χ0v) is 11.5. The molecule has 1 heterocycles. The number of carbonyl (C=O) groups excluding carboxylic acids is 1. The van der Waals surface area contributed by atoms with Crippen LogP contribution in [-0.4, -0.2) is 35.2 Å². The smallest absolute Gasteiger partial charge is 0.347 e. The number of carbonyl (C=O) groups is 2. The van der Waals surface area contributed by atoms with E-state index in [1.165, 1.54) is 7.11 Å². The molecule has 0 saturated heterocycles. The van der Waals surface area contributed by atoms with Gasteiger partial charge in [0.05, 0.1) is 12.8 Å². The van der Waals surface area contributed by atoms with E-state index in [0.717, 1.165) is 11.3 Å². The van der Waals surface area contributed by atoms with Crippen LogP contribution in [0.3, 0.4) is 0 Å². The molecular weight excluding hydrogens is 256 g/mol. The molecule has 1 unspecified atom stereocenters. The fourth-order valence-electron chi connectivity index (χ4n) is 1.41. The number of aromatic nitrogens is 1. The van der Waals surface area contributed by atoms with Crippen LogP contribution in [0.15, 0.2) is 0 Å². The van der Waals surface area contributed by atoms with E-state index in [2.05, 4.69) is 15.0 Å². The highest BCUT2D eigenvalue weighted by Gasteiger charge is 2.25. The summed E-state index contributed by atoms with van der Waals surface area (Å²) in [5, 5.41) is 12.3. The SMILES string of the molecule is COC(=O)C(Nc1nc(C)c(C(=O)O)s1)C(C)C. The molecular formula is C11H16N2O4S. The second-order valence-corrected chi connectivity index (χ2v) is 5.13. The van der Waals surface area contributed by atoms with Gasteiger partial charge in [-0.3, -0.25) is 0 Å². The Hall–Kier alpha value is -1.63. The lowest BCUT2D eigenvalue weighted by atomic mass is 10.1. The number of anilines is 1. The van der Waals surface area contributed by atoms with Gasteiger partial charge in [0, 0.05) is 0 Å². The van der Waals surface area contributed by atoms with E-state index < -0.39 is 18.0 Å². The molecule has 7 heteroatoms. The number of methoxy groups -OCH3 is 1. The minimum atomic E-state index is -1.02. The summed E-state index contributed by atoms with van der Waals surface area (Å²) >= 11 is 1.01. The molecule has 0 aromatic carbocycles. The van der Waals surface area contributed by atoms with Crippen molar-refractivity contribution in [1.29, 1.82) is 0 Å². The lowest BCUT2D eigenvalue weighted by molar-refractivity contribution is -0.142. The Morgan fingerprint density at radius 3 is 2.44 bits per heavy atom. The third-order valence-electron chi connectivity index (χ3n) is 2.39. The van der Waals surface area contributed by atoms with Crippen LogP contribution in [0, 0.1) is 12.8 Å². The maximum absolute atomic E-state index is 11.6. The Morgan fingerprint density at radius 1 is 1.44 bits per heavy atom. The largest absolute Gasteiger partial charge is 0.477 e. The third-order valence-corrected chi connectivity index (χ3v) is 3.47. The lowest BCUT2D eigenvalue weighted by Crippen LogP contribution is -2.35. The lowest BCUT2D eigenvalue weighted by Gasteiger charge is -2.18. The van der Waals surface area contributed by atoms with Gasteiger partial charge in [0.2, 0.25) is 0 Å². The van der Waals surface area contributed by atoms with E-state index in [1.807, 2.05) is 13.8 Å². The summed E-state index contributed by atoms with van der Waals surface area (Å²) in [6, 6.07) is -0.540. The van der Waals surface area contributed by atoms with Crippen LogP contribution in [0.5, 0.6) is 0 Å². The minimum absolute atomic E-state index is 0.00920. The van der Waals surface area contributed by atoms with Gasteiger partial charge >= 0.3 is 11.9 Å². The first-order chi connectivity index (χ1) is 8.36. The maximum atomic E-state index is 11.6. The fraction of sp³-hybridized carbons (Fsp3) is 0.545. The van der Waals surface area contributed by atoms with Crippen molar-refractivity contribution in [2.45, 2.75) is 26.8 Å². The standard InChI is InChI=1S/C11H16N2O4S/c1-5(2)7(10(16)17-4)13-11-12-6(3)8(18-11)9(14)15/h5,7H,1-4H3,(H,12,13)(H,14,15). The van der Waals surface area contributed by atoms with Crippen LogP contribution in [0.1, 0.15) is 29.2 Å². The monoisotopic (exact) mass is 272 g/mol. The first-order valence-corrected chi connectivity index (χ1v) is 6.23. The Bertz CT molecular complexity index is 456. The summed E-state index contributed by atoms with van der Waals surface area (Å²) in [5.74, 6) is -1.40. The Kier molecular flexibility index (Phi) is 4.66. The summed E-state index contributed by atoms with van der Waals surface area (Å²) in [6.07, 6.45) is 0. The summed E-state index contributed by atoms with van der Waals surface area (Å²) in [7, 11) is 1.31. The predicted octanol–water partition coefficient (Wildman–Crippen LogP) is 1.76. The molecule has 0 aliphatic carbocycles. The molecule has 0 saturated carbocycles. The van der Waals surface area contributed by atoms with E-state index in [1.54, 1.807) is 6.92 Å². The zero-order valence-electron chi connectivity index (χ0n) is 10.7. The molecule has 0 fully saturated rings. The van der Waals surface area contributed by atoms with Crippen molar-refractivity contribution < 1.29 is 19.4 Å². The van der Waals surface area contributed by atoms with E-state index >= 15 is 0 Å². The number of hydrogen-bond donors (Lipinski definition) is 2. The van der Waals surface area contributed by atoms with Crippen LogP contribution in [-0.2, 0) is 9.53 Å². The molecule has 100 valence electrons. The minimum Gasteiger partial charge on any atom is -0.477 e. The van der Waals surface area contributed by atoms with Crippen molar-refractivity contribution in [2.24, 2.45) is 5.92 Å². The van der Waals surface area contributed by atoms with Gasteiger partial charge < -0.3 is 15.2 Å². The average Bonchev–Trinajstić information content (AvgIpc) is 2.66. The van der Waals surface area contributed by atoms with Crippen LogP contribution >= 0.6 is 11.3 Å². The van der Waals surface area contributed by atoms with Crippen molar-refractivity contribution in [3.63, 3.8) is 0 Å². The number of nitrogens with one attached hydrogen (secondary N) is 1. The van der Waals surface area contributed by atoms with Crippen molar-refractivity contribution in [1.82, 2.24) is 4.98 Å². The molecule has 0 spiro atoms. The fourth-order valence-corrected chi connectivity index (χ4v) is 2.26. The number of hydrogen-bond acceptors (Lipinski definition) is 6. The molecule has 6 nitrogen and oxygen atoms in total. The topological polar surface area (TPSA) is 88.5 Å². The van der Waals surface area contributed by atoms with E-state index in [-0.39, 0.29) is 10.8 Å². The second kappa shape index (κ2) is 5.81. The maximum Gasteiger partial charge on any atom is 0.347 e. The normalized spacial score (nSPS) is 12.3. The quantitative estimate of drug-likeness (QED) is 0.794. The van der Waals surface area contributed by atoms with Crippen molar-refractivity contribution in [3.8, 4) is 0 Å². The molecule has 0 aliphatic rings. The van der Waals surface area contributed by atoms with Crippen molar-refractivity contribution in [3.05, 3.63) is 10.6 Å². The van der Waals surface area contributed by atoms with Gasteiger partial charge in [-0.1, -0.05) is 25.2 Å². The van der Waals surface area contributed by atoms with Gasteiger partial charge in [0.15, 0.2) is 5.13 Å². The molecule has 1 aromatic heterocycles. The zero-order chi connectivity index (χ0) is 13.9. The van der Waals surface area contributed by atoms with E-state index in [4.69, 9.17) is 5.11 Å². The van der Waals surface area contributed by atoms with Gasteiger partial charge in [-0.05, 0) is 12.8 Å². The molecule has 0 bridgehead atoms. The van der Waals surface area contributed by atoms with Crippen LogP contribution < -0.4 is 5.32 Å². The highest BCUT2D eigenvalue weighted by molar-refractivity contribution is 7.17. The molecule has 1 rings (SSSR count). The average molecular weight is 272 g/mol. The number of aryl methyl sites for hydroxylation is 1. The summed E-state index contributed by atoms with van der Waals surface area (Å²) in [5.41, 5.74) is 0.433. The van der Waals surface area contributed by atoms with Crippen LogP contribution in [0.4, 0.5) is 5.13 Å². The number of carboxylic acid groups (broad SMARTS) is 1. The van der Waals surface area contributed by atoms with Crippen molar-refractivity contribution in [2.75, 3.05) is 12.4 Å². The summed E-state index contributed by atoms with van der Waals surface area (Å²) in [6.45, 7) is 5.36. The number of ether oxygens (including phenoxy) is 1. The van der Waals surface area contributed by atoms with Crippen molar-refractivity contribution >= 4 is 28.4 Å².